The molecule has 0 bridgehead atoms. The van der Waals surface area contributed by atoms with Gasteiger partial charge in [0.05, 0.1) is 17.9 Å². The van der Waals surface area contributed by atoms with Crippen molar-refractivity contribution >= 4 is 11.7 Å². The molecule has 0 spiro atoms. The molecule has 0 saturated carbocycles. The molecule has 2 heterocycles. The van der Waals surface area contributed by atoms with Crippen LogP contribution >= 0.6 is 0 Å². The third-order valence-corrected chi connectivity index (χ3v) is 7.50. The molecule has 0 atom stereocenters. The molecule has 1 aliphatic heterocycles. The Morgan fingerprint density at radius 2 is 1.61 bits per heavy atom. The van der Waals surface area contributed by atoms with E-state index >= 15 is 0 Å². The zero-order chi connectivity index (χ0) is 27.4. The van der Waals surface area contributed by atoms with E-state index in [1.165, 1.54) is 5.56 Å². The fraction of sp³-hybridized carbons (Fsp3) is 0.500. The van der Waals surface area contributed by atoms with Gasteiger partial charge in [-0.15, -0.1) is 0 Å². The number of aromatic nitrogens is 2. The number of carbonyl (C=O) groups is 1. The maximum Gasteiger partial charge on any atom is 0.254 e. The molecule has 1 amide bonds. The highest BCUT2D eigenvalue weighted by Gasteiger charge is 2.28. The Bertz CT molecular complexity index is 1200. The average Bonchev–Trinajstić information content (AvgIpc) is 3.23. The van der Waals surface area contributed by atoms with Crippen LogP contribution in [0.25, 0.3) is 5.69 Å². The topological polar surface area (TPSA) is 44.6 Å². The predicted octanol–water partition coefficient (Wildman–Crippen LogP) is 5.92. The number of likely N-dealkylation sites (N-methyl/N-ethyl adjacent to an activating group) is 1. The van der Waals surface area contributed by atoms with Gasteiger partial charge in [0.25, 0.3) is 5.91 Å². The van der Waals surface area contributed by atoms with Crippen molar-refractivity contribution in [2.75, 3.05) is 44.2 Å². The van der Waals surface area contributed by atoms with Crippen molar-refractivity contribution in [2.24, 2.45) is 5.92 Å². The van der Waals surface area contributed by atoms with Crippen LogP contribution in [-0.4, -0.2) is 64.8 Å². The molecule has 38 heavy (non-hydrogen) atoms. The second-order valence-corrected chi connectivity index (χ2v) is 12.0. The Kier molecular flexibility index (Phi) is 8.61. The number of hydrogen-bond donors (Lipinski definition) is 0. The van der Waals surface area contributed by atoms with E-state index in [1.54, 1.807) is 0 Å². The van der Waals surface area contributed by atoms with Gasteiger partial charge in [-0.05, 0) is 54.6 Å². The molecule has 204 valence electrons. The molecular weight excluding hydrogens is 470 g/mol. The standard InChI is InChI=1S/C32H45N5O/c1-8-34-18-20-35(21-19-34)30-29(25(4)33-37(30)28-12-10-9-11-13-28)23-36(22-24(2)3)31(38)26-14-16-27(17-15-26)32(5,6)7/h9-17,24H,8,18-23H2,1-7H3. The number of rotatable bonds is 8. The van der Waals surface area contributed by atoms with Gasteiger partial charge < -0.3 is 14.7 Å². The Balaban J connectivity index is 1.71. The van der Waals surface area contributed by atoms with E-state index in [4.69, 9.17) is 5.10 Å². The summed E-state index contributed by atoms with van der Waals surface area (Å²) >= 11 is 0. The summed E-state index contributed by atoms with van der Waals surface area (Å²) in [7, 11) is 0. The number of nitrogens with zero attached hydrogens (tertiary/aromatic N) is 5. The zero-order valence-electron chi connectivity index (χ0n) is 24.4. The summed E-state index contributed by atoms with van der Waals surface area (Å²) in [5, 5.41) is 5.02. The van der Waals surface area contributed by atoms with Crippen molar-refractivity contribution in [3.8, 4) is 5.69 Å². The smallest absolute Gasteiger partial charge is 0.254 e. The molecule has 4 rings (SSSR count). The van der Waals surface area contributed by atoms with Crippen LogP contribution in [0.3, 0.4) is 0 Å². The number of anilines is 1. The quantitative estimate of drug-likeness (QED) is 0.374. The van der Waals surface area contributed by atoms with Crippen LogP contribution in [-0.2, 0) is 12.0 Å². The Morgan fingerprint density at radius 3 is 2.16 bits per heavy atom. The summed E-state index contributed by atoms with van der Waals surface area (Å²) in [6, 6.07) is 18.5. The summed E-state index contributed by atoms with van der Waals surface area (Å²) in [5.41, 5.74) is 5.20. The van der Waals surface area contributed by atoms with Crippen LogP contribution in [0.2, 0.25) is 0 Å². The van der Waals surface area contributed by atoms with Gasteiger partial charge in [0.15, 0.2) is 0 Å². The lowest BCUT2D eigenvalue weighted by atomic mass is 9.86. The van der Waals surface area contributed by atoms with Crippen LogP contribution in [0, 0.1) is 12.8 Å². The van der Waals surface area contributed by atoms with Crippen molar-refractivity contribution in [1.29, 1.82) is 0 Å². The van der Waals surface area contributed by atoms with Gasteiger partial charge in [0.2, 0.25) is 0 Å². The summed E-state index contributed by atoms with van der Waals surface area (Å²) in [5.74, 6) is 1.55. The van der Waals surface area contributed by atoms with E-state index in [2.05, 4.69) is 99.3 Å². The monoisotopic (exact) mass is 515 g/mol. The lowest BCUT2D eigenvalue weighted by Crippen LogP contribution is -2.47. The highest BCUT2D eigenvalue weighted by molar-refractivity contribution is 5.94. The summed E-state index contributed by atoms with van der Waals surface area (Å²) < 4.78 is 2.09. The fourth-order valence-corrected chi connectivity index (χ4v) is 5.23. The minimum atomic E-state index is 0.0546. The summed E-state index contributed by atoms with van der Waals surface area (Å²) in [4.78, 5) is 20.8. The molecule has 1 saturated heterocycles. The van der Waals surface area contributed by atoms with Crippen molar-refractivity contribution in [1.82, 2.24) is 19.6 Å². The predicted molar refractivity (Wildman–Crippen MR) is 157 cm³/mol. The molecule has 3 aromatic rings. The van der Waals surface area contributed by atoms with Gasteiger partial charge in [-0.1, -0.05) is 71.9 Å². The molecule has 0 unspecified atom stereocenters. The fourth-order valence-electron chi connectivity index (χ4n) is 5.23. The number of carbonyl (C=O) groups excluding carboxylic acids is 1. The first-order valence-corrected chi connectivity index (χ1v) is 14.1. The highest BCUT2D eigenvalue weighted by atomic mass is 16.2. The molecule has 1 aromatic heterocycles. The van der Waals surface area contributed by atoms with E-state index in [0.29, 0.717) is 19.0 Å². The zero-order valence-corrected chi connectivity index (χ0v) is 24.4. The van der Waals surface area contributed by atoms with E-state index in [0.717, 1.165) is 61.0 Å². The van der Waals surface area contributed by atoms with Crippen LogP contribution in [0.1, 0.15) is 68.7 Å². The second kappa shape index (κ2) is 11.7. The third kappa shape index (κ3) is 6.29. The molecular formula is C32H45N5O. The van der Waals surface area contributed by atoms with E-state index in [9.17, 15) is 4.79 Å². The minimum Gasteiger partial charge on any atom is -0.354 e. The van der Waals surface area contributed by atoms with Crippen LogP contribution in [0.15, 0.2) is 54.6 Å². The number of benzene rings is 2. The first-order valence-electron chi connectivity index (χ1n) is 14.1. The van der Waals surface area contributed by atoms with E-state index in [1.807, 2.05) is 23.1 Å². The lowest BCUT2D eigenvalue weighted by Gasteiger charge is -2.36. The van der Waals surface area contributed by atoms with Crippen molar-refractivity contribution in [2.45, 2.75) is 60.4 Å². The molecule has 1 aliphatic rings. The molecule has 0 aliphatic carbocycles. The van der Waals surface area contributed by atoms with Crippen LogP contribution < -0.4 is 4.90 Å². The lowest BCUT2D eigenvalue weighted by molar-refractivity contribution is 0.0722. The number of para-hydroxylation sites is 1. The molecule has 6 heteroatoms. The van der Waals surface area contributed by atoms with Gasteiger partial charge >= 0.3 is 0 Å². The minimum absolute atomic E-state index is 0.0546. The number of amides is 1. The maximum absolute atomic E-state index is 13.9. The molecule has 0 N–H and O–H groups in total. The van der Waals surface area contributed by atoms with Gasteiger partial charge in [0.1, 0.15) is 5.82 Å². The molecule has 0 radical (unpaired) electrons. The van der Waals surface area contributed by atoms with Gasteiger partial charge in [-0.3, -0.25) is 4.79 Å². The summed E-state index contributed by atoms with van der Waals surface area (Å²) in [6.45, 7) is 21.5. The van der Waals surface area contributed by atoms with E-state index in [-0.39, 0.29) is 11.3 Å². The number of piperazine rings is 1. The van der Waals surface area contributed by atoms with Crippen LogP contribution in [0.5, 0.6) is 0 Å². The van der Waals surface area contributed by atoms with Crippen LogP contribution in [0.4, 0.5) is 5.82 Å². The van der Waals surface area contributed by atoms with Crippen molar-refractivity contribution in [3.63, 3.8) is 0 Å². The average molecular weight is 516 g/mol. The Labute approximate surface area is 229 Å². The van der Waals surface area contributed by atoms with Gasteiger partial charge in [-0.25, -0.2) is 4.68 Å². The maximum atomic E-state index is 13.9. The van der Waals surface area contributed by atoms with Crippen molar-refractivity contribution < 1.29 is 4.79 Å². The Hall–Kier alpha value is -3.12. The highest BCUT2D eigenvalue weighted by Crippen LogP contribution is 2.31. The number of hydrogen-bond acceptors (Lipinski definition) is 4. The number of aryl methyl sites for hydroxylation is 1. The first kappa shape index (κ1) is 27.9. The van der Waals surface area contributed by atoms with E-state index < -0.39 is 0 Å². The Morgan fingerprint density at radius 1 is 0.974 bits per heavy atom. The van der Waals surface area contributed by atoms with Gasteiger partial charge in [0, 0.05) is 43.9 Å². The second-order valence-electron chi connectivity index (χ2n) is 12.0. The molecule has 1 fully saturated rings. The largest absolute Gasteiger partial charge is 0.354 e. The molecule has 2 aromatic carbocycles. The van der Waals surface area contributed by atoms with Crippen molar-refractivity contribution in [3.05, 3.63) is 77.0 Å². The SMILES string of the molecule is CCN1CCN(c2c(CN(CC(C)C)C(=O)c3ccc(C(C)(C)C)cc3)c(C)nn2-c2ccccc2)CC1. The third-order valence-electron chi connectivity index (χ3n) is 7.50. The normalized spacial score (nSPS) is 14.8. The first-order chi connectivity index (χ1) is 18.1. The summed E-state index contributed by atoms with van der Waals surface area (Å²) in [6.07, 6.45) is 0. The van der Waals surface area contributed by atoms with Gasteiger partial charge in [-0.2, -0.15) is 5.10 Å². The molecule has 6 nitrogen and oxygen atoms in total.